The van der Waals surface area contributed by atoms with E-state index in [1.54, 1.807) is 6.07 Å². The van der Waals surface area contributed by atoms with Gasteiger partial charge in [0.15, 0.2) is 0 Å². The van der Waals surface area contributed by atoms with E-state index in [1.165, 1.54) is 12.1 Å². The van der Waals surface area contributed by atoms with Gasteiger partial charge in [-0.2, -0.15) is 0 Å². The second-order valence-electron chi connectivity index (χ2n) is 4.79. The Morgan fingerprint density at radius 2 is 1.94 bits per heavy atom. The molecule has 0 fully saturated rings. The molecule has 0 unspecified atom stereocenters. The first-order valence-corrected chi connectivity index (χ1v) is 5.96. The lowest BCUT2D eigenvalue weighted by Crippen LogP contribution is -2.11. The average Bonchev–Trinajstić information content (AvgIpc) is 2.70. The van der Waals surface area contributed by atoms with E-state index in [9.17, 15) is 4.39 Å². The molecule has 2 rings (SSSR count). The summed E-state index contributed by atoms with van der Waals surface area (Å²) in [7, 11) is 0. The summed E-state index contributed by atoms with van der Waals surface area (Å²) >= 11 is 3.33. The van der Waals surface area contributed by atoms with Gasteiger partial charge in [0.1, 0.15) is 5.82 Å². The van der Waals surface area contributed by atoms with Gasteiger partial charge in [0.25, 0.3) is 0 Å². The molecule has 5 heteroatoms. The molecule has 17 heavy (non-hydrogen) atoms. The van der Waals surface area contributed by atoms with Crippen LogP contribution in [0.1, 0.15) is 26.7 Å². The van der Waals surface area contributed by atoms with Crippen molar-refractivity contribution in [2.24, 2.45) is 0 Å². The van der Waals surface area contributed by atoms with Crippen molar-refractivity contribution in [3.63, 3.8) is 0 Å². The molecule has 0 aliphatic heterocycles. The quantitative estimate of drug-likeness (QED) is 0.800. The minimum atomic E-state index is -0.335. The van der Waals surface area contributed by atoms with E-state index in [2.05, 4.69) is 26.1 Å². The Morgan fingerprint density at radius 3 is 2.53 bits per heavy atom. The van der Waals surface area contributed by atoms with Crippen LogP contribution >= 0.6 is 15.9 Å². The number of rotatable bonds is 1. The first-order chi connectivity index (χ1) is 7.88. The molecule has 0 aliphatic rings. The van der Waals surface area contributed by atoms with Crippen LogP contribution in [-0.2, 0) is 5.41 Å². The smallest absolute Gasteiger partial charge is 0.249 e. The largest absolute Gasteiger partial charge is 0.420 e. The van der Waals surface area contributed by atoms with Crippen molar-refractivity contribution in [2.45, 2.75) is 26.2 Å². The summed E-state index contributed by atoms with van der Waals surface area (Å²) in [5.41, 5.74) is 0.346. The molecule has 1 aromatic heterocycles. The highest BCUT2D eigenvalue weighted by Crippen LogP contribution is 2.30. The summed E-state index contributed by atoms with van der Waals surface area (Å²) in [4.78, 5) is 0. The fourth-order valence-corrected chi connectivity index (χ4v) is 1.71. The molecule has 2 aromatic rings. The van der Waals surface area contributed by atoms with Gasteiger partial charge in [-0.15, -0.1) is 10.2 Å². The summed E-state index contributed by atoms with van der Waals surface area (Å²) in [5, 5.41) is 7.92. The second-order valence-corrected chi connectivity index (χ2v) is 5.64. The summed E-state index contributed by atoms with van der Waals surface area (Å²) in [5.74, 6) is 0.517. The number of halogens is 2. The number of hydrogen-bond acceptors (Lipinski definition) is 3. The van der Waals surface area contributed by atoms with Gasteiger partial charge >= 0.3 is 0 Å². The SMILES string of the molecule is CC(C)(C)c1nnc(-c2cc(F)ccc2Br)o1. The number of aromatic nitrogens is 2. The Kier molecular flexibility index (Phi) is 3.03. The highest BCUT2D eigenvalue weighted by Gasteiger charge is 2.22. The van der Waals surface area contributed by atoms with E-state index in [-0.39, 0.29) is 11.2 Å². The van der Waals surface area contributed by atoms with Gasteiger partial charge in [0.2, 0.25) is 11.8 Å². The lowest BCUT2D eigenvalue weighted by Gasteiger charge is -2.11. The van der Waals surface area contributed by atoms with Crippen LogP contribution in [0.3, 0.4) is 0 Å². The van der Waals surface area contributed by atoms with Crippen LogP contribution in [0.4, 0.5) is 4.39 Å². The zero-order valence-corrected chi connectivity index (χ0v) is 11.4. The Hall–Kier alpha value is -1.23. The van der Waals surface area contributed by atoms with Gasteiger partial charge in [0, 0.05) is 9.89 Å². The predicted molar refractivity (Wildman–Crippen MR) is 66.1 cm³/mol. The molecular formula is C12H12BrFN2O. The van der Waals surface area contributed by atoms with Crippen molar-refractivity contribution < 1.29 is 8.81 Å². The standard InChI is InChI=1S/C12H12BrFN2O/c1-12(2,3)11-16-15-10(17-11)8-6-7(14)4-5-9(8)13/h4-6H,1-3H3. The minimum Gasteiger partial charge on any atom is -0.420 e. The highest BCUT2D eigenvalue weighted by atomic mass is 79.9. The van der Waals surface area contributed by atoms with E-state index >= 15 is 0 Å². The van der Waals surface area contributed by atoms with Crippen molar-refractivity contribution in [1.82, 2.24) is 10.2 Å². The maximum atomic E-state index is 13.2. The monoisotopic (exact) mass is 298 g/mol. The first kappa shape index (κ1) is 12.2. The summed E-state index contributed by atoms with van der Waals surface area (Å²) < 4.78 is 19.4. The molecule has 0 amide bonds. The van der Waals surface area contributed by atoms with Gasteiger partial charge in [-0.1, -0.05) is 20.8 Å². The fourth-order valence-electron chi connectivity index (χ4n) is 1.30. The van der Waals surface area contributed by atoms with Gasteiger partial charge in [-0.25, -0.2) is 4.39 Å². The third-order valence-corrected chi connectivity index (χ3v) is 2.92. The lowest BCUT2D eigenvalue weighted by molar-refractivity contribution is 0.399. The number of benzene rings is 1. The van der Waals surface area contributed by atoms with Gasteiger partial charge in [0.05, 0.1) is 5.56 Å². The summed E-state index contributed by atoms with van der Waals surface area (Å²) in [6, 6.07) is 4.35. The Balaban J connectivity index is 2.47. The second kappa shape index (κ2) is 4.22. The first-order valence-electron chi connectivity index (χ1n) is 5.17. The van der Waals surface area contributed by atoms with Crippen LogP contribution < -0.4 is 0 Å². The van der Waals surface area contributed by atoms with Crippen molar-refractivity contribution >= 4 is 15.9 Å². The molecule has 0 aliphatic carbocycles. The minimum absolute atomic E-state index is 0.217. The van der Waals surface area contributed by atoms with Crippen molar-refractivity contribution in [1.29, 1.82) is 0 Å². The molecule has 0 saturated heterocycles. The van der Waals surface area contributed by atoms with Gasteiger partial charge < -0.3 is 4.42 Å². The molecule has 90 valence electrons. The zero-order valence-electron chi connectivity index (χ0n) is 9.79. The summed E-state index contributed by atoms with van der Waals surface area (Å²) in [6.07, 6.45) is 0. The van der Waals surface area contributed by atoms with Crippen LogP contribution in [0.2, 0.25) is 0 Å². The Bertz CT molecular complexity index is 546. The predicted octanol–water partition coefficient (Wildman–Crippen LogP) is 3.94. The van der Waals surface area contributed by atoms with E-state index in [0.717, 1.165) is 4.47 Å². The molecule has 0 saturated carbocycles. The fraction of sp³-hybridized carbons (Fsp3) is 0.333. The van der Waals surface area contributed by atoms with Crippen molar-refractivity contribution in [3.8, 4) is 11.5 Å². The van der Waals surface area contributed by atoms with Crippen molar-refractivity contribution in [3.05, 3.63) is 34.4 Å². The number of nitrogens with zero attached hydrogens (tertiary/aromatic N) is 2. The molecule has 3 nitrogen and oxygen atoms in total. The molecule has 0 radical (unpaired) electrons. The molecule has 0 N–H and O–H groups in total. The molecule has 0 atom stereocenters. The third-order valence-electron chi connectivity index (χ3n) is 2.23. The molecule has 1 aromatic carbocycles. The lowest BCUT2D eigenvalue weighted by atomic mass is 9.97. The normalized spacial score (nSPS) is 11.8. The number of hydrogen-bond donors (Lipinski definition) is 0. The van der Waals surface area contributed by atoms with Crippen molar-refractivity contribution in [2.75, 3.05) is 0 Å². The molecule has 0 spiro atoms. The zero-order chi connectivity index (χ0) is 12.6. The average molecular weight is 299 g/mol. The molecule has 1 heterocycles. The highest BCUT2D eigenvalue weighted by molar-refractivity contribution is 9.10. The van der Waals surface area contributed by atoms with Crippen LogP contribution in [0.25, 0.3) is 11.5 Å². The topological polar surface area (TPSA) is 38.9 Å². The van der Waals surface area contributed by atoms with E-state index in [1.807, 2.05) is 20.8 Å². The van der Waals surface area contributed by atoms with E-state index in [0.29, 0.717) is 17.3 Å². The van der Waals surface area contributed by atoms with Crippen LogP contribution in [0, 0.1) is 5.82 Å². The van der Waals surface area contributed by atoms with Crippen LogP contribution in [0.15, 0.2) is 27.1 Å². The van der Waals surface area contributed by atoms with Crippen LogP contribution in [0.5, 0.6) is 0 Å². The Labute approximate surface area is 107 Å². The Morgan fingerprint density at radius 1 is 1.24 bits per heavy atom. The van der Waals surface area contributed by atoms with E-state index < -0.39 is 0 Å². The molecular weight excluding hydrogens is 287 g/mol. The van der Waals surface area contributed by atoms with E-state index in [4.69, 9.17) is 4.42 Å². The molecule has 0 bridgehead atoms. The van der Waals surface area contributed by atoms with Gasteiger partial charge in [-0.05, 0) is 34.1 Å². The third kappa shape index (κ3) is 2.54. The van der Waals surface area contributed by atoms with Crippen LogP contribution in [-0.4, -0.2) is 10.2 Å². The van der Waals surface area contributed by atoms with Gasteiger partial charge in [-0.3, -0.25) is 0 Å². The maximum absolute atomic E-state index is 13.2. The summed E-state index contributed by atoms with van der Waals surface area (Å²) in [6.45, 7) is 5.93. The maximum Gasteiger partial charge on any atom is 0.249 e.